The van der Waals surface area contributed by atoms with Gasteiger partial charge in [0.25, 0.3) is 0 Å². The van der Waals surface area contributed by atoms with Crippen molar-refractivity contribution in [1.29, 1.82) is 0 Å². The molecule has 0 saturated carbocycles. The lowest BCUT2D eigenvalue weighted by atomic mass is 10.1. The fourth-order valence-electron chi connectivity index (χ4n) is 1.38. The molecule has 1 rings (SSSR count). The summed E-state index contributed by atoms with van der Waals surface area (Å²) in [6.07, 6.45) is -4.65. The van der Waals surface area contributed by atoms with Gasteiger partial charge in [-0.25, -0.2) is 8.42 Å². The lowest BCUT2D eigenvalue weighted by Gasteiger charge is -2.12. The summed E-state index contributed by atoms with van der Waals surface area (Å²) in [5.41, 5.74) is 3.47. The highest BCUT2D eigenvalue weighted by Crippen LogP contribution is 2.35. The first kappa shape index (κ1) is 16.3. The number of carbonyl (C=O) groups is 1. The molecule has 0 fully saturated rings. The summed E-state index contributed by atoms with van der Waals surface area (Å²) in [6.45, 7) is 1.37. The molecule has 0 heterocycles. The minimum atomic E-state index is -4.65. The minimum absolute atomic E-state index is 0.164. The van der Waals surface area contributed by atoms with Gasteiger partial charge in [0.15, 0.2) is 9.84 Å². The molecule has 0 aliphatic rings. The standard InChI is InChI=1S/C11H13F3N2O3S/c1-2-20(18,19)6-10(17)16-7-3-4-9(15)8(5-7)11(12,13)14/h3-5H,2,6,15H2,1H3,(H,16,17). The molecule has 0 unspecified atom stereocenters. The Labute approximate surface area is 113 Å². The summed E-state index contributed by atoms with van der Waals surface area (Å²) in [6, 6.07) is 2.82. The first-order valence-electron chi connectivity index (χ1n) is 5.52. The molecule has 0 aliphatic carbocycles. The van der Waals surface area contributed by atoms with Crippen LogP contribution in [0.25, 0.3) is 0 Å². The van der Waals surface area contributed by atoms with Crippen molar-refractivity contribution in [3.05, 3.63) is 23.8 Å². The second-order valence-corrected chi connectivity index (χ2v) is 6.38. The van der Waals surface area contributed by atoms with E-state index in [9.17, 15) is 26.4 Å². The van der Waals surface area contributed by atoms with E-state index in [0.717, 1.165) is 6.07 Å². The number of amides is 1. The maximum Gasteiger partial charge on any atom is 0.418 e. The Bertz CT molecular complexity index is 612. The molecule has 0 spiro atoms. The van der Waals surface area contributed by atoms with Crippen LogP contribution in [0, 0.1) is 0 Å². The summed E-state index contributed by atoms with van der Waals surface area (Å²) in [7, 11) is -3.54. The van der Waals surface area contributed by atoms with Gasteiger partial charge in [0, 0.05) is 17.1 Å². The maximum atomic E-state index is 12.6. The summed E-state index contributed by atoms with van der Waals surface area (Å²) < 4.78 is 60.2. The fourth-order valence-corrected chi connectivity index (χ4v) is 2.05. The van der Waals surface area contributed by atoms with Crippen molar-refractivity contribution in [3.63, 3.8) is 0 Å². The van der Waals surface area contributed by atoms with Crippen LogP contribution in [0.5, 0.6) is 0 Å². The number of anilines is 2. The molecule has 1 aromatic rings. The molecule has 0 aliphatic heterocycles. The molecule has 0 saturated heterocycles. The van der Waals surface area contributed by atoms with Gasteiger partial charge in [-0.3, -0.25) is 4.79 Å². The summed E-state index contributed by atoms with van der Waals surface area (Å²) in [5, 5.41) is 2.10. The number of halogens is 3. The predicted octanol–water partition coefficient (Wildman–Crippen LogP) is 1.66. The maximum absolute atomic E-state index is 12.6. The Morgan fingerprint density at radius 2 is 1.95 bits per heavy atom. The van der Waals surface area contributed by atoms with Crippen LogP contribution in [-0.4, -0.2) is 25.8 Å². The average Bonchev–Trinajstić information content (AvgIpc) is 2.29. The van der Waals surface area contributed by atoms with E-state index < -0.39 is 38.9 Å². The number of rotatable bonds is 4. The van der Waals surface area contributed by atoms with Gasteiger partial charge in [0.1, 0.15) is 5.75 Å². The zero-order valence-corrected chi connectivity index (χ0v) is 11.3. The number of benzene rings is 1. The van der Waals surface area contributed by atoms with Crippen LogP contribution in [0.3, 0.4) is 0 Å². The first-order chi connectivity index (χ1) is 9.05. The Balaban J connectivity index is 2.92. The van der Waals surface area contributed by atoms with E-state index in [1.807, 2.05) is 0 Å². The van der Waals surface area contributed by atoms with Gasteiger partial charge < -0.3 is 11.1 Å². The minimum Gasteiger partial charge on any atom is -0.398 e. The van der Waals surface area contributed by atoms with E-state index in [2.05, 4.69) is 5.32 Å². The number of alkyl halides is 3. The normalized spacial score (nSPS) is 12.2. The van der Waals surface area contributed by atoms with Gasteiger partial charge in [-0.2, -0.15) is 13.2 Å². The number of hydrogen-bond donors (Lipinski definition) is 2. The number of nitrogens with two attached hydrogens (primary N) is 1. The monoisotopic (exact) mass is 310 g/mol. The highest BCUT2D eigenvalue weighted by Gasteiger charge is 2.33. The third kappa shape index (κ3) is 4.41. The van der Waals surface area contributed by atoms with E-state index in [-0.39, 0.29) is 11.4 Å². The average molecular weight is 310 g/mol. The molecule has 0 bridgehead atoms. The smallest absolute Gasteiger partial charge is 0.398 e. The lowest BCUT2D eigenvalue weighted by molar-refractivity contribution is -0.136. The molecule has 0 aromatic heterocycles. The van der Waals surface area contributed by atoms with Crippen molar-refractivity contribution in [2.24, 2.45) is 0 Å². The van der Waals surface area contributed by atoms with E-state index >= 15 is 0 Å². The topological polar surface area (TPSA) is 89.3 Å². The van der Waals surface area contributed by atoms with Gasteiger partial charge in [-0.05, 0) is 18.2 Å². The van der Waals surface area contributed by atoms with Crippen molar-refractivity contribution in [1.82, 2.24) is 0 Å². The van der Waals surface area contributed by atoms with Crippen LogP contribution in [-0.2, 0) is 20.8 Å². The van der Waals surface area contributed by atoms with Gasteiger partial charge in [0.05, 0.1) is 5.56 Å². The second kappa shape index (κ2) is 5.70. The van der Waals surface area contributed by atoms with Crippen LogP contribution in [0.4, 0.5) is 24.5 Å². The molecule has 3 N–H and O–H groups in total. The molecule has 9 heteroatoms. The third-order valence-electron chi connectivity index (χ3n) is 2.43. The number of nitrogen functional groups attached to an aromatic ring is 1. The molecular weight excluding hydrogens is 297 g/mol. The number of sulfone groups is 1. The SMILES string of the molecule is CCS(=O)(=O)CC(=O)Nc1ccc(N)c(C(F)(F)F)c1. The highest BCUT2D eigenvalue weighted by molar-refractivity contribution is 7.92. The Morgan fingerprint density at radius 3 is 2.45 bits per heavy atom. The van der Waals surface area contributed by atoms with E-state index in [0.29, 0.717) is 6.07 Å². The van der Waals surface area contributed by atoms with Crippen LogP contribution in [0.15, 0.2) is 18.2 Å². The molecular formula is C11H13F3N2O3S. The van der Waals surface area contributed by atoms with E-state index in [1.165, 1.54) is 13.0 Å². The summed E-state index contributed by atoms with van der Waals surface area (Å²) in [5.74, 6) is -1.91. The Kier molecular flexibility index (Phi) is 4.64. The van der Waals surface area contributed by atoms with Gasteiger partial charge >= 0.3 is 6.18 Å². The molecule has 112 valence electrons. The van der Waals surface area contributed by atoms with Gasteiger partial charge in [-0.1, -0.05) is 6.92 Å². The van der Waals surface area contributed by atoms with Crippen molar-refractivity contribution in [2.45, 2.75) is 13.1 Å². The molecule has 0 atom stereocenters. The van der Waals surface area contributed by atoms with Crippen molar-refractivity contribution < 1.29 is 26.4 Å². The van der Waals surface area contributed by atoms with Gasteiger partial charge in [0.2, 0.25) is 5.91 Å². The second-order valence-electron chi connectivity index (χ2n) is 4.02. The van der Waals surface area contributed by atoms with Crippen LogP contribution < -0.4 is 11.1 Å². The number of hydrogen-bond acceptors (Lipinski definition) is 4. The molecule has 5 nitrogen and oxygen atoms in total. The molecule has 20 heavy (non-hydrogen) atoms. The largest absolute Gasteiger partial charge is 0.418 e. The van der Waals surface area contributed by atoms with E-state index in [1.54, 1.807) is 0 Å². The van der Waals surface area contributed by atoms with Crippen LogP contribution in [0.2, 0.25) is 0 Å². The number of nitrogens with one attached hydrogen (secondary N) is 1. The summed E-state index contributed by atoms with van der Waals surface area (Å²) in [4.78, 5) is 11.4. The fraction of sp³-hybridized carbons (Fsp3) is 0.364. The Hall–Kier alpha value is -1.77. The van der Waals surface area contributed by atoms with Crippen LogP contribution >= 0.6 is 0 Å². The first-order valence-corrected chi connectivity index (χ1v) is 7.34. The zero-order valence-electron chi connectivity index (χ0n) is 10.5. The van der Waals surface area contributed by atoms with Crippen LogP contribution in [0.1, 0.15) is 12.5 Å². The predicted molar refractivity (Wildman–Crippen MR) is 68.8 cm³/mol. The quantitative estimate of drug-likeness (QED) is 0.828. The summed E-state index contributed by atoms with van der Waals surface area (Å²) >= 11 is 0. The van der Waals surface area contributed by atoms with Crippen molar-refractivity contribution in [3.8, 4) is 0 Å². The molecule has 1 amide bonds. The van der Waals surface area contributed by atoms with Crippen molar-refractivity contribution in [2.75, 3.05) is 22.6 Å². The zero-order chi connectivity index (χ0) is 15.6. The third-order valence-corrected chi connectivity index (χ3v) is 4.01. The Morgan fingerprint density at radius 1 is 1.35 bits per heavy atom. The lowest BCUT2D eigenvalue weighted by Crippen LogP contribution is -2.24. The van der Waals surface area contributed by atoms with Gasteiger partial charge in [-0.15, -0.1) is 0 Å². The number of carbonyl (C=O) groups excluding carboxylic acids is 1. The van der Waals surface area contributed by atoms with Crippen molar-refractivity contribution >= 4 is 27.1 Å². The van der Waals surface area contributed by atoms with E-state index in [4.69, 9.17) is 5.73 Å². The molecule has 0 radical (unpaired) electrons. The molecule has 1 aromatic carbocycles. The highest BCUT2D eigenvalue weighted by atomic mass is 32.2.